The van der Waals surface area contributed by atoms with Crippen LogP contribution in [0.4, 0.5) is 0 Å². The predicted octanol–water partition coefficient (Wildman–Crippen LogP) is 2.37. The summed E-state index contributed by atoms with van der Waals surface area (Å²) in [5, 5.41) is 0. The lowest BCUT2D eigenvalue weighted by Gasteiger charge is -1.77. The van der Waals surface area contributed by atoms with E-state index in [-0.39, 0.29) is 0 Å². The smallest absolute Gasteiger partial charge is 0.158 e. The van der Waals surface area contributed by atoms with E-state index in [1.807, 2.05) is 6.20 Å². The van der Waals surface area contributed by atoms with Gasteiger partial charge >= 0.3 is 0 Å². The Morgan fingerprint density at radius 3 is 2.88 bits per heavy atom. The van der Waals surface area contributed by atoms with E-state index in [4.69, 9.17) is 12.2 Å². The first-order valence-corrected chi connectivity index (χ1v) is 3.73. The quantitative estimate of drug-likeness (QED) is 0.600. The van der Waals surface area contributed by atoms with Crippen LogP contribution in [-0.4, -0.2) is 4.98 Å². The van der Waals surface area contributed by atoms with Crippen LogP contribution in [0.5, 0.6) is 0 Å². The molecule has 1 N–H and O–H groups in total. The number of aromatic nitrogens is 1. The molecule has 0 saturated carbocycles. The maximum absolute atomic E-state index is 4.86. The standard InChI is InChI=1S/C5H7NS2/c1-2-4-3-6-5(7)8-4/h3H,2H2,1H3,(H,6,7). The van der Waals surface area contributed by atoms with Crippen LogP contribution in [-0.2, 0) is 6.42 Å². The monoisotopic (exact) mass is 145 g/mol. The van der Waals surface area contributed by atoms with Crippen molar-refractivity contribution in [1.29, 1.82) is 0 Å². The first-order chi connectivity index (χ1) is 3.83. The predicted molar refractivity (Wildman–Crippen MR) is 38.9 cm³/mol. The maximum Gasteiger partial charge on any atom is 0.158 e. The lowest BCUT2D eigenvalue weighted by molar-refractivity contribution is 1.17. The van der Waals surface area contributed by atoms with Crippen molar-refractivity contribution in [1.82, 2.24) is 4.98 Å². The van der Waals surface area contributed by atoms with Gasteiger partial charge in [0.05, 0.1) is 0 Å². The number of thiazole rings is 1. The van der Waals surface area contributed by atoms with E-state index in [9.17, 15) is 0 Å². The fourth-order valence-electron chi connectivity index (χ4n) is 0.492. The third-order valence-corrected chi connectivity index (χ3v) is 2.26. The second-order valence-electron chi connectivity index (χ2n) is 1.50. The van der Waals surface area contributed by atoms with Crippen molar-refractivity contribution >= 4 is 23.6 Å². The molecule has 0 aliphatic heterocycles. The number of nitrogens with one attached hydrogen (secondary N) is 1. The van der Waals surface area contributed by atoms with Gasteiger partial charge in [-0.2, -0.15) is 0 Å². The van der Waals surface area contributed by atoms with Gasteiger partial charge in [0, 0.05) is 11.1 Å². The minimum absolute atomic E-state index is 0.877. The van der Waals surface area contributed by atoms with Gasteiger partial charge < -0.3 is 4.98 Å². The molecule has 0 aliphatic rings. The Hall–Kier alpha value is -0.150. The number of aromatic amines is 1. The Morgan fingerprint density at radius 2 is 2.62 bits per heavy atom. The van der Waals surface area contributed by atoms with Crippen LogP contribution in [0.3, 0.4) is 0 Å². The largest absolute Gasteiger partial charge is 0.343 e. The fourth-order valence-corrected chi connectivity index (χ4v) is 1.49. The second-order valence-corrected chi connectivity index (χ2v) is 3.30. The molecular weight excluding hydrogens is 138 g/mol. The third kappa shape index (κ3) is 1.17. The van der Waals surface area contributed by atoms with E-state index in [0.29, 0.717) is 0 Å². The SMILES string of the molecule is CCc1c[nH]c(=S)s1. The first-order valence-electron chi connectivity index (χ1n) is 2.50. The Balaban J connectivity index is 3.01. The van der Waals surface area contributed by atoms with Gasteiger partial charge in [0.1, 0.15) is 0 Å². The summed E-state index contributed by atoms with van der Waals surface area (Å²) >= 11 is 6.51. The summed E-state index contributed by atoms with van der Waals surface area (Å²) in [5.41, 5.74) is 0. The minimum Gasteiger partial charge on any atom is -0.343 e. The van der Waals surface area contributed by atoms with Crippen molar-refractivity contribution in [3.05, 3.63) is 15.0 Å². The third-order valence-electron chi connectivity index (χ3n) is 0.923. The van der Waals surface area contributed by atoms with E-state index in [1.165, 1.54) is 4.88 Å². The lowest BCUT2D eigenvalue weighted by Crippen LogP contribution is -1.64. The molecule has 1 nitrogen and oxygen atoms in total. The Morgan fingerprint density at radius 1 is 1.88 bits per heavy atom. The molecule has 0 radical (unpaired) electrons. The summed E-state index contributed by atoms with van der Waals surface area (Å²) in [5.74, 6) is 0. The van der Waals surface area contributed by atoms with E-state index in [0.717, 1.165) is 10.4 Å². The molecule has 1 rings (SSSR count). The van der Waals surface area contributed by atoms with E-state index >= 15 is 0 Å². The molecule has 0 aromatic carbocycles. The van der Waals surface area contributed by atoms with Crippen LogP contribution >= 0.6 is 23.6 Å². The van der Waals surface area contributed by atoms with Gasteiger partial charge in [-0.1, -0.05) is 6.92 Å². The number of hydrogen-bond acceptors (Lipinski definition) is 2. The number of H-pyrrole nitrogens is 1. The Kier molecular flexibility index (Phi) is 1.81. The highest BCUT2D eigenvalue weighted by Crippen LogP contribution is 2.07. The van der Waals surface area contributed by atoms with Crippen LogP contribution in [0.1, 0.15) is 11.8 Å². The highest BCUT2D eigenvalue weighted by molar-refractivity contribution is 7.73. The summed E-state index contributed by atoms with van der Waals surface area (Å²) < 4.78 is 0.877. The summed E-state index contributed by atoms with van der Waals surface area (Å²) in [7, 11) is 0. The van der Waals surface area contributed by atoms with Crippen LogP contribution in [0.2, 0.25) is 0 Å². The number of rotatable bonds is 1. The fraction of sp³-hybridized carbons (Fsp3) is 0.400. The van der Waals surface area contributed by atoms with Crippen LogP contribution in [0, 0.1) is 3.95 Å². The Bertz CT molecular complexity index is 210. The van der Waals surface area contributed by atoms with E-state index < -0.39 is 0 Å². The highest BCUT2D eigenvalue weighted by Gasteiger charge is 1.87. The average molecular weight is 145 g/mol. The molecule has 0 fully saturated rings. The zero-order valence-electron chi connectivity index (χ0n) is 4.60. The molecule has 0 saturated heterocycles. The molecular formula is C5H7NS2. The molecule has 8 heavy (non-hydrogen) atoms. The van der Waals surface area contributed by atoms with Gasteiger partial charge in [-0.25, -0.2) is 0 Å². The maximum atomic E-state index is 4.86. The van der Waals surface area contributed by atoms with Crippen LogP contribution < -0.4 is 0 Å². The van der Waals surface area contributed by atoms with Crippen molar-refractivity contribution in [2.45, 2.75) is 13.3 Å². The molecule has 44 valence electrons. The first kappa shape index (κ1) is 5.98. The number of aryl methyl sites for hydroxylation is 1. The van der Waals surface area contributed by atoms with Crippen molar-refractivity contribution < 1.29 is 0 Å². The summed E-state index contributed by atoms with van der Waals surface area (Å²) in [4.78, 5) is 4.28. The van der Waals surface area contributed by atoms with Gasteiger partial charge in [0.25, 0.3) is 0 Å². The molecule has 0 amide bonds. The second kappa shape index (κ2) is 2.42. The molecule has 0 bridgehead atoms. The molecule has 0 aliphatic carbocycles. The average Bonchev–Trinajstić information content (AvgIpc) is 2.14. The lowest BCUT2D eigenvalue weighted by atomic mass is 10.4. The molecule has 0 spiro atoms. The zero-order valence-corrected chi connectivity index (χ0v) is 6.23. The minimum atomic E-state index is 0.877. The normalized spacial score (nSPS) is 9.62. The zero-order chi connectivity index (χ0) is 5.98. The molecule has 3 heteroatoms. The molecule has 0 atom stereocenters. The van der Waals surface area contributed by atoms with Crippen molar-refractivity contribution in [2.24, 2.45) is 0 Å². The molecule has 1 heterocycles. The van der Waals surface area contributed by atoms with Gasteiger partial charge in [0.2, 0.25) is 0 Å². The summed E-state index contributed by atoms with van der Waals surface area (Å²) in [6.07, 6.45) is 3.05. The van der Waals surface area contributed by atoms with Crippen molar-refractivity contribution in [2.75, 3.05) is 0 Å². The molecule has 0 unspecified atom stereocenters. The topological polar surface area (TPSA) is 15.8 Å². The van der Waals surface area contributed by atoms with Crippen LogP contribution in [0.25, 0.3) is 0 Å². The molecule has 1 aromatic heterocycles. The van der Waals surface area contributed by atoms with Crippen LogP contribution in [0.15, 0.2) is 6.20 Å². The Labute approximate surface area is 57.4 Å². The van der Waals surface area contributed by atoms with E-state index in [2.05, 4.69) is 11.9 Å². The number of hydrogen-bond donors (Lipinski definition) is 1. The molecule has 1 aromatic rings. The van der Waals surface area contributed by atoms with Gasteiger partial charge in [-0.15, -0.1) is 11.3 Å². The highest BCUT2D eigenvalue weighted by atomic mass is 32.1. The van der Waals surface area contributed by atoms with Crippen molar-refractivity contribution in [3.63, 3.8) is 0 Å². The van der Waals surface area contributed by atoms with E-state index in [1.54, 1.807) is 11.3 Å². The summed E-state index contributed by atoms with van der Waals surface area (Å²) in [6, 6.07) is 0. The van der Waals surface area contributed by atoms with Crippen molar-refractivity contribution in [3.8, 4) is 0 Å². The van der Waals surface area contributed by atoms with Gasteiger partial charge in [0.15, 0.2) is 3.95 Å². The summed E-state index contributed by atoms with van der Waals surface area (Å²) in [6.45, 7) is 2.12. The van der Waals surface area contributed by atoms with Gasteiger partial charge in [-0.3, -0.25) is 0 Å². The van der Waals surface area contributed by atoms with Gasteiger partial charge in [-0.05, 0) is 18.6 Å².